The molecule has 0 amide bonds. The van der Waals surface area contributed by atoms with Crippen LogP contribution in [-0.2, 0) is 11.3 Å². The van der Waals surface area contributed by atoms with Crippen molar-refractivity contribution in [2.45, 2.75) is 6.61 Å². The molecule has 0 aliphatic heterocycles. The highest BCUT2D eigenvalue weighted by Crippen LogP contribution is 2.17. The number of nitrogens with zero attached hydrogens (tertiary/aromatic N) is 1. The van der Waals surface area contributed by atoms with Crippen molar-refractivity contribution in [2.75, 3.05) is 6.61 Å². The molecular weight excluding hydrogens is 281 g/mol. The Morgan fingerprint density at radius 1 is 1.05 bits per heavy atom. The summed E-state index contributed by atoms with van der Waals surface area (Å²) in [7, 11) is 0. The second-order valence-electron chi connectivity index (χ2n) is 3.91. The van der Waals surface area contributed by atoms with E-state index in [2.05, 4.69) is 4.98 Å². The molecule has 4 heteroatoms. The molecule has 1 aromatic carbocycles. The average Bonchev–Trinajstić information content (AvgIpc) is 2.42. The number of ether oxygens (including phenoxy) is 1. The van der Waals surface area contributed by atoms with E-state index in [0.29, 0.717) is 23.5 Å². The minimum absolute atomic E-state index is 0.387. The van der Waals surface area contributed by atoms with E-state index in [0.717, 1.165) is 11.1 Å². The fourth-order valence-corrected chi connectivity index (χ4v) is 1.93. The van der Waals surface area contributed by atoms with Crippen molar-refractivity contribution in [3.8, 4) is 0 Å². The van der Waals surface area contributed by atoms with E-state index in [1.807, 2.05) is 48.6 Å². The molecular formula is C15H13Cl2NO. The summed E-state index contributed by atoms with van der Waals surface area (Å²) in [5.74, 6) is 0. The van der Waals surface area contributed by atoms with Crippen LogP contribution in [0.25, 0.3) is 6.08 Å². The Hall–Kier alpha value is -1.35. The predicted octanol–water partition coefficient (Wildman–Crippen LogP) is 4.62. The molecule has 0 bridgehead atoms. The molecule has 0 radical (unpaired) electrons. The van der Waals surface area contributed by atoms with Gasteiger partial charge in [0, 0.05) is 5.56 Å². The molecule has 0 N–H and O–H groups in total. The maximum Gasteiger partial charge on any atom is 0.136 e. The van der Waals surface area contributed by atoms with Crippen LogP contribution in [0.2, 0.25) is 10.3 Å². The van der Waals surface area contributed by atoms with Gasteiger partial charge < -0.3 is 4.74 Å². The molecule has 0 fully saturated rings. The Morgan fingerprint density at radius 2 is 1.84 bits per heavy atom. The topological polar surface area (TPSA) is 22.1 Å². The van der Waals surface area contributed by atoms with Crippen molar-refractivity contribution in [1.29, 1.82) is 0 Å². The zero-order chi connectivity index (χ0) is 13.5. The molecule has 0 atom stereocenters. The summed E-state index contributed by atoms with van der Waals surface area (Å²) < 4.78 is 5.51. The summed E-state index contributed by atoms with van der Waals surface area (Å²) in [6, 6.07) is 13.6. The lowest BCUT2D eigenvalue weighted by atomic mass is 10.2. The molecule has 2 rings (SSSR count). The second-order valence-corrected chi connectivity index (χ2v) is 4.66. The molecule has 0 aliphatic carbocycles. The molecule has 19 heavy (non-hydrogen) atoms. The van der Waals surface area contributed by atoms with Gasteiger partial charge in [-0.05, 0) is 11.6 Å². The SMILES string of the molecule is Clc1ccc(COC/C=C/c2ccccc2)c(Cl)n1. The van der Waals surface area contributed by atoms with Gasteiger partial charge in [0.15, 0.2) is 0 Å². The summed E-state index contributed by atoms with van der Waals surface area (Å²) in [5.41, 5.74) is 1.98. The van der Waals surface area contributed by atoms with E-state index in [9.17, 15) is 0 Å². The van der Waals surface area contributed by atoms with E-state index in [1.165, 1.54) is 0 Å². The maximum absolute atomic E-state index is 5.94. The van der Waals surface area contributed by atoms with Crippen molar-refractivity contribution >= 4 is 29.3 Å². The third-order valence-electron chi connectivity index (χ3n) is 2.47. The quantitative estimate of drug-likeness (QED) is 0.593. The highest BCUT2D eigenvalue weighted by molar-refractivity contribution is 6.32. The standard InChI is InChI=1S/C15H13Cl2NO/c16-14-9-8-13(15(17)18-14)11-19-10-4-7-12-5-2-1-3-6-12/h1-9H,10-11H2/b7-4+. The number of hydrogen-bond donors (Lipinski definition) is 0. The first-order valence-corrected chi connectivity index (χ1v) is 6.61. The zero-order valence-corrected chi connectivity index (χ0v) is 11.7. The summed E-state index contributed by atoms with van der Waals surface area (Å²) in [6.07, 6.45) is 3.98. The molecule has 1 aromatic heterocycles. The molecule has 1 heterocycles. The minimum atomic E-state index is 0.387. The molecule has 2 nitrogen and oxygen atoms in total. The first kappa shape index (κ1) is 14.1. The van der Waals surface area contributed by atoms with Crippen molar-refractivity contribution in [3.63, 3.8) is 0 Å². The van der Waals surface area contributed by atoms with Crippen LogP contribution in [0.4, 0.5) is 0 Å². The zero-order valence-electron chi connectivity index (χ0n) is 10.2. The number of benzene rings is 1. The number of aromatic nitrogens is 1. The lowest BCUT2D eigenvalue weighted by Crippen LogP contribution is -1.95. The van der Waals surface area contributed by atoms with E-state index < -0.39 is 0 Å². The number of hydrogen-bond acceptors (Lipinski definition) is 2. The monoisotopic (exact) mass is 293 g/mol. The van der Waals surface area contributed by atoms with Gasteiger partial charge in [-0.15, -0.1) is 0 Å². The molecule has 0 unspecified atom stereocenters. The molecule has 2 aromatic rings. The smallest absolute Gasteiger partial charge is 0.136 e. The predicted molar refractivity (Wildman–Crippen MR) is 79.4 cm³/mol. The van der Waals surface area contributed by atoms with Crippen LogP contribution in [0, 0.1) is 0 Å². The Morgan fingerprint density at radius 3 is 2.58 bits per heavy atom. The van der Waals surface area contributed by atoms with Crippen molar-refractivity contribution in [3.05, 3.63) is 70.0 Å². The van der Waals surface area contributed by atoms with Gasteiger partial charge in [-0.25, -0.2) is 4.98 Å². The molecule has 0 spiro atoms. The van der Waals surface area contributed by atoms with Gasteiger partial charge in [0.2, 0.25) is 0 Å². The molecule has 0 saturated heterocycles. The number of halogens is 2. The van der Waals surface area contributed by atoms with Gasteiger partial charge in [-0.2, -0.15) is 0 Å². The average molecular weight is 294 g/mol. The van der Waals surface area contributed by atoms with Crippen LogP contribution in [-0.4, -0.2) is 11.6 Å². The van der Waals surface area contributed by atoms with E-state index in [-0.39, 0.29) is 0 Å². The maximum atomic E-state index is 5.94. The third-order valence-corrected chi connectivity index (χ3v) is 3.01. The number of pyridine rings is 1. The molecule has 98 valence electrons. The lowest BCUT2D eigenvalue weighted by Gasteiger charge is -2.03. The van der Waals surface area contributed by atoms with Crippen LogP contribution in [0.1, 0.15) is 11.1 Å². The van der Waals surface area contributed by atoms with Crippen LogP contribution in [0.15, 0.2) is 48.5 Å². The Bertz CT molecular complexity index is 555. The van der Waals surface area contributed by atoms with Gasteiger partial charge in [0.05, 0.1) is 13.2 Å². The minimum Gasteiger partial charge on any atom is -0.373 e. The fraction of sp³-hybridized carbons (Fsp3) is 0.133. The summed E-state index contributed by atoms with van der Waals surface area (Å²) in [4.78, 5) is 3.95. The Labute approximate surface area is 122 Å². The van der Waals surface area contributed by atoms with E-state index in [4.69, 9.17) is 27.9 Å². The van der Waals surface area contributed by atoms with Crippen LogP contribution in [0.3, 0.4) is 0 Å². The van der Waals surface area contributed by atoms with Crippen molar-refractivity contribution in [1.82, 2.24) is 4.98 Å². The lowest BCUT2D eigenvalue weighted by molar-refractivity contribution is 0.149. The van der Waals surface area contributed by atoms with Crippen LogP contribution >= 0.6 is 23.2 Å². The van der Waals surface area contributed by atoms with Crippen molar-refractivity contribution in [2.24, 2.45) is 0 Å². The van der Waals surface area contributed by atoms with Crippen LogP contribution in [0.5, 0.6) is 0 Å². The largest absolute Gasteiger partial charge is 0.373 e. The Kier molecular flexibility index (Phi) is 5.40. The van der Waals surface area contributed by atoms with E-state index in [1.54, 1.807) is 6.07 Å². The molecule has 0 aliphatic rings. The van der Waals surface area contributed by atoms with Crippen molar-refractivity contribution < 1.29 is 4.74 Å². The fourth-order valence-electron chi connectivity index (χ4n) is 1.53. The Balaban J connectivity index is 1.79. The third kappa shape index (κ3) is 4.67. The molecule has 0 saturated carbocycles. The normalized spacial score (nSPS) is 11.1. The van der Waals surface area contributed by atoms with E-state index >= 15 is 0 Å². The second kappa shape index (κ2) is 7.29. The van der Waals surface area contributed by atoms with Gasteiger partial charge >= 0.3 is 0 Å². The van der Waals surface area contributed by atoms with Gasteiger partial charge in [-0.1, -0.05) is 71.8 Å². The summed E-state index contributed by atoms with van der Waals surface area (Å²) in [6.45, 7) is 0.940. The highest BCUT2D eigenvalue weighted by atomic mass is 35.5. The summed E-state index contributed by atoms with van der Waals surface area (Å²) >= 11 is 11.7. The van der Waals surface area contributed by atoms with Gasteiger partial charge in [0.25, 0.3) is 0 Å². The van der Waals surface area contributed by atoms with Gasteiger partial charge in [0.1, 0.15) is 10.3 Å². The van der Waals surface area contributed by atoms with Crippen LogP contribution < -0.4 is 0 Å². The van der Waals surface area contributed by atoms with Gasteiger partial charge in [-0.3, -0.25) is 0 Å². The first-order valence-electron chi connectivity index (χ1n) is 5.86. The number of rotatable bonds is 5. The first-order chi connectivity index (χ1) is 9.25. The highest BCUT2D eigenvalue weighted by Gasteiger charge is 2.01. The summed E-state index contributed by atoms with van der Waals surface area (Å²) in [5, 5.41) is 0.775.